The van der Waals surface area contributed by atoms with Crippen molar-refractivity contribution in [2.45, 2.75) is 13.8 Å². The lowest BCUT2D eigenvalue weighted by Gasteiger charge is -2.14. The van der Waals surface area contributed by atoms with E-state index in [2.05, 4.69) is 20.4 Å². The molecule has 1 amide bonds. The second-order valence-corrected chi connectivity index (χ2v) is 7.43. The number of rotatable bonds is 3. The molecule has 10 heteroatoms. The first kappa shape index (κ1) is 19.2. The molecule has 0 spiro atoms. The summed E-state index contributed by atoms with van der Waals surface area (Å²) in [6.07, 6.45) is 0. The van der Waals surface area contributed by atoms with Crippen LogP contribution in [0.25, 0.3) is 16.7 Å². The Morgan fingerprint density at radius 2 is 2.07 bits per heavy atom. The second kappa shape index (κ2) is 7.34. The number of halogens is 2. The van der Waals surface area contributed by atoms with Crippen LogP contribution in [0, 0.1) is 19.7 Å². The van der Waals surface area contributed by atoms with E-state index in [1.807, 2.05) is 6.92 Å². The fourth-order valence-electron chi connectivity index (χ4n) is 2.77. The Hall–Kier alpha value is -3.17. The van der Waals surface area contributed by atoms with Crippen LogP contribution in [-0.2, 0) is 0 Å². The minimum absolute atomic E-state index is 0.0147. The number of amides is 1. The highest BCUT2D eigenvalue weighted by molar-refractivity contribution is 7.07. The molecule has 7 nitrogen and oxygen atoms in total. The van der Waals surface area contributed by atoms with Gasteiger partial charge >= 0.3 is 0 Å². The van der Waals surface area contributed by atoms with Crippen LogP contribution in [0.1, 0.15) is 21.7 Å². The molecule has 0 fully saturated rings. The van der Waals surface area contributed by atoms with Gasteiger partial charge in [-0.1, -0.05) is 11.6 Å². The van der Waals surface area contributed by atoms with E-state index >= 15 is 0 Å². The molecule has 0 saturated heterocycles. The van der Waals surface area contributed by atoms with Gasteiger partial charge in [-0.15, -0.1) is 11.3 Å². The average Bonchev–Trinajstić information content (AvgIpc) is 3.17. The lowest BCUT2D eigenvalue weighted by molar-refractivity contribution is 0.101. The van der Waals surface area contributed by atoms with Crippen molar-refractivity contribution in [3.05, 3.63) is 73.2 Å². The molecular formula is C19H13ClFN5O2S. The van der Waals surface area contributed by atoms with Gasteiger partial charge in [0.25, 0.3) is 5.91 Å². The van der Waals surface area contributed by atoms with Crippen LogP contribution in [0.3, 0.4) is 0 Å². The van der Waals surface area contributed by atoms with Crippen LogP contribution in [0.4, 0.5) is 10.2 Å². The zero-order chi connectivity index (χ0) is 20.7. The smallest absolute Gasteiger partial charge is 0.281 e. The van der Waals surface area contributed by atoms with E-state index < -0.39 is 22.8 Å². The zero-order valence-electron chi connectivity index (χ0n) is 15.2. The van der Waals surface area contributed by atoms with Gasteiger partial charge in [-0.05, 0) is 43.7 Å². The molecule has 146 valence electrons. The van der Waals surface area contributed by atoms with Gasteiger partial charge in [0.05, 0.1) is 11.0 Å². The van der Waals surface area contributed by atoms with Gasteiger partial charge in [0.2, 0.25) is 5.43 Å². The Labute approximate surface area is 172 Å². The summed E-state index contributed by atoms with van der Waals surface area (Å²) in [7, 11) is 0. The van der Waals surface area contributed by atoms with Crippen LogP contribution in [0.2, 0.25) is 5.02 Å². The zero-order valence-corrected chi connectivity index (χ0v) is 16.8. The number of aryl methyl sites for hydroxylation is 2. The summed E-state index contributed by atoms with van der Waals surface area (Å²) in [6.45, 7) is 3.56. The van der Waals surface area contributed by atoms with E-state index in [9.17, 15) is 14.0 Å². The predicted molar refractivity (Wildman–Crippen MR) is 110 cm³/mol. The van der Waals surface area contributed by atoms with E-state index in [-0.39, 0.29) is 21.7 Å². The predicted octanol–water partition coefficient (Wildman–Crippen LogP) is 3.90. The molecule has 0 aliphatic heterocycles. The summed E-state index contributed by atoms with van der Waals surface area (Å²) in [6, 6.07) is 5.73. The van der Waals surface area contributed by atoms with Crippen molar-refractivity contribution in [1.29, 1.82) is 0 Å². The third kappa shape index (κ3) is 3.50. The van der Waals surface area contributed by atoms with Gasteiger partial charge in [-0.25, -0.2) is 19.0 Å². The first-order chi connectivity index (χ1) is 13.8. The number of pyridine rings is 1. The van der Waals surface area contributed by atoms with Crippen LogP contribution < -0.4 is 10.7 Å². The van der Waals surface area contributed by atoms with Crippen molar-refractivity contribution < 1.29 is 9.18 Å². The maximum Gasteiger partial charge on any atom is 0.281 e. The number of benzene rings is 1. The highest BCUT2D eigenvalue weighted by Gasteiger charge is 2.21. The second-order valence-electron chi connectivity index (χ2n) is 6.27. The van der Waals surface area contributed by atoms with Gasteiger partial charge in [0.15, 0.2) is 5.69 Å². The monoisotopic (exact) mass is 429 g/mol. The maximum absolute atomic E-state index is 14.6. The number of nitrogens with zero attached hydrogens (tertiary/aromatic N) is 4. The molecule has 0 aliphatic carbocycles. The van der Waals surface area contributed by atoms with E-state index in [1.165, 1.54) is 28.2 Å². The standard InChI is InChI=1S/C19H13ClFN5O2S/c1-9-5-14-16(23-10(9)2)18(27)17(19(28)24-15-7-29-8-22-15)25-26(14)13-4-3-11(20)6-12(13)21/h3-8H,1-2H3,(H,24,28). The van der Waals surface area contributed by atoms with Crippen molar-refractivity contribution in [3.8, 4) is 5.69 Å². The van der Waals surface area contributed by atoms with Crippen LogP contribution in [0.5, 0.6) is 0 Å². The fraction of sp³-hybridized carbons (Fsp3) is 0.105. The summed E-state index contributed by atoms with van der Waals surface area (Å²) in [5.41, 5.74) is 2.21. The topological polar surface area (TPSA) is 89.8 Å². The number of thiazole rings is 1. The number of hydrogen-bond acceptors (Lipinski definition) is 6. The quantitative estimate of drug-likeness (QED) is 0.533. The lowest BCUT2D eigenvalue weighted by Crippen LogP contribution is -2.28. The van der Waals surface area contributed by atoms with E-state index in [4.69, 9.17) is 11.6 Å². The van der Waals surface area contributed by atoms with Crippen LogP contribution in [-0.4, -0.2) is 25.7 Å². The molecule has 0 radical (unpaired) electrons. The highest BCUT2D eigenvalue weighted by Crippen LogP contribution is 2.22. The number of hydrogen-bond donors (Lipinski definition) is 1. The van der Waals surface area contributed by atoms with E-state index in [1.54, 1.807) is 23.9 Å². The van der Waals surface area contributed by atoms with E-state index in [0.717, 1.165) is 11.6 Å². The van der Waals surface area contributed by atoms with Gasteiger partial charge in [0.1, 0.15) is 22.8 Å². The number of anilines is 1. The molecule has 0 aliphatic rings. The van der Waals surface area contributed by atoms with Crippen LogP contribution >= 0.6 is 22.9 Å². The Balaban J connectivity index is 2.00. The minimum Gasteiger partial charge on any atom is -0.304 e. The molecule has 0 atom stereocenters. The molecule has 4 rings (SSSR count). The Morgan fingerprint density at radius 3 is 2.76 bits per heavy atom. The molecule has 4 aromatic rings. The van der Waals surface area contributed by atoms with Crippen LogP contribution in [0.15, 0.2) is 40.0 Å². The first-order valence-electron chi connectivity index (χ1n) is 8.41. The van der Waals surface area contributed by atoms with Crippen molar-refractivity contribution in [1.82, 2.24) is 19.7 Å². The summed E-state index contributed by atoms with van der Waals surface area (Å²) in [4.78, 5) is 33.9. The molecule has 1 N–H and O–H groups in total. The molecule has 1 aromatic carbocycles. The molecular weight excluding hydrogens is 417 g/mol. The van der Waals surface area contributed by atoms with Gasteiger partial charge in [-0.2, -0.15) is 5.10 Å². The Bertz CT molecular complexity index is 1320. The molecule has 0 saturated carbocycles. The maximum atomic E-state index is 14.6. The van der Waals surface area contributed by atoms with Crippen molar-refractivity contribution in [3.63, 3.8) is 0 Å². The molecule has 3 heterocycles. The number of carbonyl (C=O) groups excluding carboxylic acids is 1. The van der Waals surface area contributed by atoms with Crippen molar-refractivity contribution in [2.24, 2.45) is 0 Å². The van der Waals surface area contributed by atoms with Crippen molar-refractivity contribution in [2.75, 3.05) is 5.32 Å². The first-order valence-corrected chi connectivity index (χ1v) is 9.73. The molecule has 0 bridgehead atoms. The SMILES string of the molecule is Cc1cc2c(nc1C)c(=O)c(C(=O)Nc1cscn1)nn2-c1ccc(Cl)cc1F. The Morgan fingerprint density at radius 1 is 1.28 bits per heavy atom. The number of fused-ring (bicyclic) bond motifs is 1. The summed E-state index contributed by atoms with van der Waals surface area (Å²) in [5, 5.41) is 8.50. The number of aromatic nitrogens is 4. The van der Waals surface area contributed by atoms with E-state index in [0.29, 0.717) is 11.5 Å². The normalized spacial score (nSPS) is 11.0. The largest absolute Gasteiger partial charge is 0.304 e. The third-order valence-corrected chi connectivity index (χ3v) is 5.15. The van der Waals surface area contributed by atoms with Gasteiger partial charge < -0.3 is 5.32 Å². The summed E-state index contributed by atoms with van der Waals surface area (Å²) < 4.78 is 15.8. The number of nitrogens with one attached hydrogen (secondary N) is 1. The summed E-state index contributed by atoms with van der Waals surface area (Å²) >= 11 is 7.14. The summed E-state index contributed by atoms with van der Waals surface area (Å²) in [5.74, 6) is -1.12. The third-order valence-electron chi connectivity index (χ3n) is 4.33. The van der Waals surface area contributed by atoms with Gasteiger partial charge in [-0.3, -0.25) is 9.59 Å². The minimum atomic E-state index is -0.758. The highest BCUT2D eigenvalue weighted by atomic mass is 35.5. The average molecular weight is 430 g/mol. The lowest BCUT2D eigenvalue weighted by atomic mass is 10.1. The number of carbonyl (C=O) groups is 1. The molecule has 3 aromatic heterocycles. The Kier molecular flexibility index (Phi) is 4.85. The fourth-order valence-corrected chi connectivity index (χ4v) is 3.41. The van der Waals surface area contributed by atoms with Crippen molar-refractivity contribution >= 4 is 45.7 Å². The van der Waals surface area contributed by atoms with Gasteiger partial charge in [0, 0.05) is 16.1 Å². The molecule has 29 heavy (non-hydrogen) atoms. The molecule has 0 unspecified atom stereocenters.